The van der Waals surface area contributed by atoms with Crippen LogP contribution in [0.2, 0.25) is 0 Å². The van der Waals surface area contributed by atoms with Crippen molar-refractivity contribution in [2.24, 2.45) is 0 Å². The maximum Gasteiger partial charge on any atom is 0.257 e. The van der Waals surface area contributed by atoms with Crippen LogP contribution in [0.3, 0.4) is 0 Å². The van der Waals surface area contributed by atoms with Crippen molar-refractivity contribution in [3.8, 4) is 11.8 Å². The molecule has 0 saturated heterocycles. The number of rotatable bonds is 6. The number of nitrogens with one attached hydrogen (secondary N) is 2. The average Bonchev–Trinajstić information content (AvgIpc) is 3.04. The van der Waals surface area contributed by atoms with E-state index < -0.39 is 0 Å². The summed E-state index contributed by atoms with van der Waals surface area (Å²) < 4.78 is 5.51. The molecule has 26 heavy (non-hydrogen) atoms. The molecular weight excluding hydrogens is 328 g/mol. The van der Waals surface area contributed by atoms with Crippen molar-refractivity contribution in [3.05, 3.63) is 58.9 Å². The Hall–Kier alpha value is -3.33. The maximum atomic E-state index is 11.9. The van der Waals surface area contributed by atoms with Gasteiger partial charge in [-0.2, -0.15) is 5.26 Å². The molecule has 132 valence electrons. The third-order valence-corrected chi connectivity index (χ3v) is 4.19. The van der Waals surface area contributed by atoms with Crippen molar-refractivity contribution in [2.45, 2.75) is 20.3 Å². The number of benzene rings is 2. The lowest BCUT2D eigenvalue weighted by atomic mass is 10.1. The van der Waals surface area contributed by atoms with E-state index in [-0.39, 0.29) is 12.5 Å². The smallest absolute Gasteiger partial charge is 0.257 e. The van der Waals surface area contributed by atoms with Gasteiger partial charge >= 0.3 is 0 Å². The number of aromatic amines is 1. The molecule has 0 fully saturated rings. The summed E-state index contributed by atoms with van der Waals surface area (Å²) in [5.74, 6) is 1.28. The predicted molar refractivity (Wildman–Crippen MR) is 98.9 cm³/mol. The minimum atomic E-state index is -0.175. The summed E-state index contributed by atoms with van der Waals surface area (Å²) in [7, 11) is 0. The van der Waals surface area contributed by atoms with Crippen molar-refractivity contribution < 1.29 is 9.53 Å². The minimum absolute atomic E-state index is 0.0197. The number of H-pyrrole nitrogens is 1. The Balaban J connectivity index is 1.47. The first-order chi connectivity index (χ1) is 12.5. The SMILES string of the molecule is Cc1ccc(OCC(=O)NCCc2nc3ccc(C#N)cc3[nH]2)cc1C. The van der Waals surface area contributed by atoms with Crippen LogP contribution in [0.5, 0.6) is 5.75 Å². The molecule has 0 aliphatic carbocycles. The van der Waals surface area contributed by atoms with E-state index in [1.807, 2.05) is 38.1 Å². The highest BCUT2D eigenvalue weighted by molar-refractivity contribution is 5.78. The van der Waals surface area contributed by atoms with Crippen molar-refractivity contribution in [1.29, 1.82) is 5.26 Å². The van der Waals surface area contributed by atoms with E-state index in [9.17, 15) is 4.79 Å². The number of fused-ring (bicyclic) bond motifs is 1. The molecule has 1 amide bonds. The molecule has 0 aliphatic heterocycles. The van der Waals surface area contributed by atoms with Crippen molar-refractivity contribution >= 4 is 16.9 Å². The molecule has 0 aliphatic rings. The fraction of sp³-hybridized carbons (Fsp3) is 0.250. The zero-order valence-corrected chi connectivity index (χ0v) is 14.8. The Morgan fingerprint density at radius 2 is 2.08 bits per heavy atom. The molecule has 0 unspecified atom stereocenters. The Kier molecular flexibility index (Phi) is 5.18. The van der Waals surface area contributed by atoms with Gasteiger partial charge in [0.15, 0.2) is 6.61 Å². The second-order valence-electron chi connectivity index (χ2n) is 6.16. The second-order valence-corrected chi connectivity index (χ2v) is 6.16. The van der Waals surface area contributed by atoms with E-state index in [4.69, 9.17) is 10.00 Å². The van der Waals surface area contributed by atoms with Crippen LogP contribution in [0.15, 0.2) is 36.4 Å². The zero-order chi connectivity index (χ0) is 18.5. The zero-order valence-electron chi connectivity index (χ0n) is 14.8. The molecule has 1 aromatic heterocycles. The second kappa shape index (κ2) is 7.70. The molecule has 0 atom stereocenters. The number of amides is 1. The van der Waals surface area contributed by atoms with Crippen LogP contribution in [-0.2, 0) is 11.2 Å². The van der Waals surface area contributed by atoms with Crippen LogP contribution >= 0.6 is 0 Å². The fourth-order valence-corrected chi connectivity index (χ4v) is 2.57. The van der Waals surface area contributed by atoms with Crippen molar-refractivity contribution in [2.75, 3.05) is 13.2 Å². The molecule has 0 saturated carbocycles. The first kappa shape index (κ1) is 17.5. The van der Waals surface area contributed by atoms with E-state index >= 15 is 0 Å². The highest BCUT2D eigenvalue weighted by Crippen LogP contribution is 2.16. The van der Waals surface area contributed by atoms with Gasteiger partial charge in [-0.25, -0.2) is 4.98 Å². The van der Waals surface area contributed by atoms with E-state index in [1.165, 1.54) is 5.56 Å². The van der Waals surface area contributed by atoms with Crippen LogP contribution < -0.4 is 10.1 Å². The number of aryl methyl sites for hydroxylation is 2. The van der Waals surface area contributed by atoms with Gasteiger partial charge in [0.05, 0.1) is 22.7 Å². The standard InChI is InChI=1S/C20H20N4O2/c1-13-3-5-16(9-14(13)2)26-12-20(25)22-8-7-19-23-17-6-4-15(11-21)10-18(17)24-19/h3-6,9-10H,7-8,12H2,1-2H3,(H,22,25)(H,23,24). The van der Waals surface area contributed by atoms with Crippen molar-refractivity contribution in [3.63, 3.8) is 0 Å². The summed E-state index contributed by atoms with van der Waals surface area (Å²) in [6.45, 7) is 4.48. The van der Waals surface area contributed by atoms with Gasteiger partial charge in [0.2, 0.25) is 0 Å². The van der Waals surface area contributed by atoms with Crippen molar-refractivity contribution in [1.82, 2.24) is 15.3 Å². The summed E-state index contributed by atoms with van der Waals surface area (Å²) in [6, 6.07) is 13.2. The Bertz CT molecular complexity index is 985. The Labute approximate surface area is 151 Å². The number of imidazole rings is 1. The molecule has 0 bridgehead atoms. The van der Waals surface area contributed by atoms with E-state index in [0.717, 1.165) is 22.4 Å². The lowest BCUT2D eigenvalue weighted by Crippen LogP contribution is -2.30. The highest BCUT2D eigenvalue weighted by Gasteiger charge is 2.06. The number of hydrogen-bond donors (Lipinski definition) is 2. The topological polar surface area (TPSA) is 90.8 Å². The summed E-state index contributed by atoms with van der Waals surface area (Å²) in [5, 5.41) is 11.7. The summed E-state index contributed by atoms with van der Waals surface area (Å²) in [4.78, 5) is 19.5. The molecule has 6 nitrogen and oxygen atoms in total. The van der Waals surface area contributed by atoms with E-state index in [1.54, 1.807) is 12.1 Å². The molecule has 2 N–H and O–H groups in total. The molecule has 6 heteroatoms. The first-order valence-electron chi connectivity index (χ1n) is 8.40. The molecule has 3 rings (SSSR count). The lowest BCUT2D eigenvalue weighted by Gasteiger charge is -2.08. The Morgan fingerprint density at radius 3 is 2.85 bits per heavy atom. The molecule has 2 aromatic carbocycles. The molecular formula is C20H20N4O2. The predicted octanol–water partition coefficient (Wildman–Crippen LogP) is 2.79. The highest BCUT2D eigenvalue weighted by atomic mass is 16.5. The number of carbonyl (C=O) groups excluding carboxylic acids is 1. The number of nitriles is 1. The van der Waals surface area contributed by atoms with E-state index in [0.29, 0.717) is 24.3 Å². The summed E-state index contributed by atoms with van der Waals surface area (Å²) in [5.41, 5.74) is 4.54. The maximum absolute atomic E-state index is 11.9. The molecule has 3 aromatic rings. The number of ether oxygens (including phenoxy) is 1. The largest absolute Gasteiger partial charge is 0.484 e. The molecule has 1 heterocycles. The quantitative estimate of drug-likeness (QED) is 0.717. The molecule has 0 spiro atoms. The number of nitrogens with zero attached hydrogens (tertiary/aromatic N) is 2. The van der Waals surface area contributed by atoms with Crippen LogP contribution in [0.4, 0.5) is 0 Å². The molecule has 0 radical (unpaired) electrons. The summed E-state index contributed by atoms with van der Waals surface area (Å²) in [6.07, 6.45) is 0.575. The third-order valence-electron chi connectivity index (χ3n) is 4.19. The van der Waals surface area contributed by atoms with Crippen LogP contribution in [0.25, 0.3) is 11.0 Å². The van der Waals surface area contributed by atoms with Gasteiger partial charge in [-0.15, -0.1) is 0 Å². The fourth-order valence-electron chi connectivity index (χ4n) is 2.57. The van der Waals surface area contributed by atoms with Crippen LogP contribution in [0, 0.1) is 25.2 Å². The van der Waals surface area contributed by atoms with Gasteiger partial charge in [-0.05, 0) is 55.3 Å². The van der Waals surface area contributed by atoms with Gasteiger partial charge in [-0.3, -0.25) is 4.79 Å². The normalized spacial score (nSPS) is 10.5. The first-order valence-corrected chi connectivity index (χ1v) is 8.40. The van der Waals surface area contributed by atoms with Gasteiger partial charge in [0.1, 0.15) is 11.6 Å². The van der Waals surface area contributed by atoms with E-state index in [2.05, 4.69) is 21.4 Å². The monoisotopic (exact) mass is 348 g/mol. The average molecular weight is 348 g/mol. The van der Waals surface area contributed by atoms with Gasteiger partial charge in [-0.1, -0.05) is 6.07 Å². The minimum Gasteiger partial charge on any atom is -0.484 e. The Morgan fingerprint density at radius 1 is 1.23 bits per heavy atom. The number of hydrogen-bond acceptors (Lipinski definition) is 4. The van der Waals surface area contributed by atoms with Crippen LogP contribution in [-0.4, -0.2) is 29.0 Å². The number of carbonyl (C=O) groups is 1. The van der Waals surface area contributed by atoms with Gasteiger partial charge < -0.3 is 15.0 Å². The van der Waals surface area contributed by atoms with Crippen LogP contribution in [0.1, 0.15) is 22.5 Å². The number of aromatic nitrogens is 2. The van der Waals surface area contributed by atoms with Gasteiger partial charge in [0.25, 0.3) is 5.91 Å². The van der Waals surface area contributed by atoms with Gasteiger partial charge in [0, 0.05) is 13.0 Å². The third kappa shape index (κ3) is 4.19. The lowest BCUT2D eigenvalue weighted by molar-refractivity contribution is -0.123. The summed E-state index contributed by atoms with van der Waals surface area (Å²) >= 11 is 0.